The molecule has 0 fully saturated rings. The van der Waals surface area contributed by atoms with Crippen LogP contribution in [0, 0.1) is 0 Å². The van der Waals surface area contributed by atoms with E-state index in [0.29, 0.717) is 11.3 Å². The molecule has 0 heterocycles. The van der Waals surface area contributed by atoms with Gasteiger partial charge in [0.25, 0.3) is 5.78 Å². The second-order valence-corrected chi connectivity index (χ2v) is 3.44. The van der Waals surface area contributed by atoms with Crippen LogP contribution in [-0.2, 0) is 9.59 Å². The molecule has 0 amide bonds. The fourth-order valence-corrected chi connectivity index (χ4v) is 1.04. The third kappa shape index (κ3) is 7.27. The zero-order valence-electron chi connectivity index (χ0n) is 12.8. The number of Topliss-reactive ketones (excluding diaryl/α,β-unsaturated/α-hetero) is 2. The summed E-state index contributed by atoms with van der Waals surface area (Å²) >= 11 is 0. The van der Waals surface area contributed by atoms with E-state index in [4.69, 9.17) is 5.84 Å². The summed E-state index contributed by atoms with van der Waals surface area (Å²) in [6.07, 6.45) is 4.28. The highest BCUT2D eigenvalue weighted by Crippen LogP contribution is 1.97. The summed E-state index contributed by atoms with van der Waals surface area (Å²) in [6.45, 7) is 12.5. The Kier molecular flexibility index (Phi) is 11.9. The first-order chi connectivity index (χ1) is 9.47. The van der Waals surface area contributed by atoms with Crippen LogP contribution in [0.4, 0.5) is 0 Å². The van der Waals surface area contributed by atoms with Crippen molar-refractivity contribution in [3.63, 3.8) is 0 Å². The van der Waals surface area contributed by atoms with Crippen molar-refractivity contribution < 1.29 is 14.7 Å². The lowest BCUT2D eigenvalue weighted by molar-refractivity contribution is -0.510. The standard InChI is InChI=1S/C12H18N4O2.C2H6/c1-5-9(15-13)11(17)7-14-16-10(6-2)12(18)8(3)4;1-2/h5-7,15-16H,3,13H2,1-2,4H3;1-2H3/p+1/b9-5+,10-6+,14-7?;. The Balaban J connectivity index is 0. The van der Waals surface area contributed by atoms with Crippen molar-refractivity contribution in [2.24, 2.45) is 5.84 Å². The molecule has 0 radical (unpaired) electrons. The summed E-state index contributed by atoms with van der Waals surface area (Å²) in [5.74, 6) is 4.58. The van der Waals surface area contributed by atoms with E-state index in [1.54, 1.807) is 26.8 Å². The molecule has 0 aliphatic heterocycles. The summed E-state index contributed by atoms with van der Waals surface area (Å²) in [7, 11) is 0. The minimum absolute atomic E-state index is 0.228. The molecule has 0 aromatic heterocycles. The third-order valence-electron chi connectivity index (χ3n) is 2.04. The number of hydrogen-bond donors (Lipinski definition) is 4. The highest BCUT2D eigenvalue weighted by atomic mass is 16.1. The molecule has 0 aliphatic carbocycles. The van der Waals surface area contributed by atoms with E-state index in [1.807, 2.05) is 13.8 Å². The quantitative estimate of drug-likeness (QED) is 0.221. The SMILES string of the molecule is C=C(C)C(=O)/C(=C\C)N[NH+]=CC(=O)/C(=C\C)NN.CC. The highest BCUT2D eigenvalue weighted by Gasteiger charge is 2.11. The van der Waals surface area contributed by atoms with Gasteiger partial charge in [-0.1, -0.05) is 32.6 Å². The summed E-state index contributed by atoms with van der Waals surface area (Å²) < 4.78 is 0. The lowest BCUT2D eigenvalue weighted by atomic mass is 10.1. The molecular formula is C14H25N4O2+. The van der Waals surface area contributed by atoms with Gasteiger partial charge in [0.1, 0.15) is 5.70 Å². The van der Waals surface area contributed by atoms with Gasteiger partial charge in [-0.2, -0.15) is 5.43 Å². The molecule has 0 atom stereocenters. The molecular weight excluding hydrogens is 256 g/mol. The first kappa shape index (κ1) is 20.1. The number of hydrazine groups is 2. The Morgan fingerprint density at radius 3 is 2.00 bits per heavy atom. The number of carbonyl (C=O) groups is 2. The average molecular weight is 281 g/mol. The number of carbonyl (C=O) groups excluding carboxylic acids is 2. The fourth-order valence-electron chi connectivity index (χ4n) is 1.04. The number of hydrogen-bond acceptors (Lipinski definition) is 5. The van der Waals surface area contributed by atoms with Crippen LogP contribution in [0.25, 0.3) is 0 Å². The molecule has 0 aromatic carbocycles. The monoisotopic (exact) mass is 281 g/mol. The molecule has 0 unspecified atom stereocenters. The Morgan fingerprint density at radius 2 is 1.65 bits per heavy atom. The van der Waals surface area contributed by atoms with Crippen molar-refractivity contribution in [2.45, 2.75) is 34.6 Å². The van der Waals surface area contributed by atoms with Crippen molar-refractivity contribution in [3.8, 4) is 0 Å². The van der Waals surface area contributed by atoms with E-state index < -0.39 is 0 Å². The maximum absolute atomic E-state index is 11.6. The summed E-state index contributed by atoms with van der Waals surface area (Å²) in [4.78, 5) is 23.1. The number of nitrogens with one attached hydrogen (secondary N) is 3. The predicted molar refractivity (Wildman–Crippen MR) is 81.2 cm³/mol. The fraction of sp³-hybridized carbons (Fsp3) is 0.357. The van der Waals surface area contributed by atoms with Gasteiger partial charge in [0.05, 0.1) is 5.70 Å². The zero-order valence-corrected chi connectivity index (χ0v) is 12.8. The Morgan fingerprint density at radius 1 is 1.15 bits per heavy atom. The lowest BCUT2D eigenvalue weighted by Crippen LogP contribution is -2.81. The van der Waals surface area contributed by atoms with Crippen molar-refractivity contribution >= 4 is 17.8 Å². The van der Waals surface area contributed by atoms with Gasteiger partial charge in [0.2, 0.25) is 12.0 Å². The van der Waals surface area contributed by atoms with Crippen molar-refractivity contribution in [2.75, 3.05) is 0 Å². The molecule has 0 spiro atoms. The molecule has 0 bridgehead atoms. The first-order valence-electron chi connectivity index (χ1n) is 6.36. The van der Waals surface area contributed by atoms with Gasteiger partial charge in [-0.3, -0.25) is 15.4 Å². The molecule has 112 valence electrons. The normalized spacial score (nSPS) is 11.5. The largest absolute Gasteiger partial charge is 0.321 e. The minimum atomic E-state index is -0.342. The van der Waals surface area contributed by atoms with Crippen LogP contribution in [0.3, 0.4) is 0 Å². The Bertz CT molecular complexity index is 434. The molecule has 20 heavy (non-hydrogen) atoms. The van der Waals surface area contributed by atoms with E-state index in [0.717, 1.165) is 6.21 Å². The van der Waals surface area contributed by atoms with Gasteiger partial charge < -0.3 is 5.43 Å². The molecule has 6 nitrogen and oxygen atoms in total. The number of rotatable bonds is 7. The third-order valence-corrected chi connectivity index (χ3v) is 2.04. The molecule has 0 aromatic rings. The van der Waals surface area contributed by atoms with E-state index >= 15 is 0 Å². The van der Waals surface area contributed by atoms with Gasteiger partial charge in [0.15, 0.2) is 0 Å². The Hall–Kier alpha value is -2.21. The van der Waals surface area contributed by atoms with Gasteiger partial charge in [-0.05, 0) is 26.3 Å². The molecule has 5 N–H and O–H groups in total. The molecule has 0 saturated heterocycles. The van der Waals surface area contributed by atoms with E-state index in [1.165, 1.54) is 6.08 Å². The van der Waals surface area contributed by atoms with Crippen LogP contribution in [0.15, 0.2) is 35.7 Å². The average Bonchev–Trinajstić information content (AvgIpc) is 2.46. The maximum Gasteiger partial charge on any atom is 0.267 e. The van der Waals surface area contributed by atoms with Crippen molar-refractivity contribution in [3.05, 3.63) is 35.7 Å². The van der Waals surface area contributed by atoms with Crippen LogP contribution in [0.1, 0.15) is 34.6 Å². The minimum Gasteiger partial charge on any atom is -0.321 e. The first-order valence-corrected chi connectivity index (χ1v) is 6.36. The van der Waals surface area contributed by atoms with Gasteiger partial charge in [-0.15, -0.1) is 5.10 Å². The lowest BCUT2D eigenvalue weighted by Gasteiger charge is -2.00. The van der Waals surface area contributed by atoms with Crippen LogP contribution in [0.5, 0.6) is 0 Å². The predicted octanol–water partition coefficient (Wildman–Crippen LogP) is -0.346. The van der Waals surface area contributed by atoms with Crippen LogP contribution in [0.2, 0.25) is 0 Å². The van der Waals surface area contributed by atoms with E-state index in [-0.39, 0.29) is 17.3 Å². The van der Waals surface area contributed by atoms with Gasteiger partial charge in [0, 0.05) is 0 Å². The number of ketones is 2. The number of allylic oxidation sites excluding steroid dienone is 4. The zero-order chi connectivity index (χ0) is 16.1. The summed E-state index contributed by atoms with van der Waals surface area (Å²) in [5.41, 5.74) is 5.84. The van der Waals surface area contributed by atoms with E-state index in [9.17, 15) is 9.59 Å². The topological polar surface area (TPSA) is 98.2 Å². The van der Waals surface area contributed by atoms with E-state index in [2.05, 4.69) is 22.5 Å². The van der Waals surface area contributed by atoms with Gasteiger partial charge in [-0.25, -0.2) is 0 Å². The van der Waals surface area contributed by atoms with Gasteiger partial charge >= 0.3 is 0 Å². The maximum atomic E-state index is 11.6. The van der Waals surface area contributed by atoms with Crippen LogP contribution in [-0.4, -0.2) is 17.8 Å². The van der Waals surface area contributed by atoms with Crippen LogP contribution >= 0.6 is 0 Å². The number of hydrazone groups is 1. The second-order valence-electron chi connectivity index (χ2n) is 3.44. The second kappa shape index (κ2) is 11.9. The molecule has 6 heteroatoms. The summed E-state index contributed by atoms with van der Waals surface area (Å²) in [6, 6.07) is 0. The molecule has 0 rings (SSSR count). The van der Waals surface area contributed by atoms with Crippen molar-refractivity contribution in [1.29, 1.82) is 0 Å². The molecule has 0 saturated carbocycles. The highest BCUT2D eigenvalue weighted by molar-refractivity contribution is 6.32. The smallest absolute Gasteiger partial charge is 0.267 e. The number of nitrogens with two attached hydrogens (primary N) is 1. The van der Waals surface area contributed by atoms with Crippen molar-refractivity contribution in [1.82, 2.24) is 10.9 Å². The van der Waals surface area contributed by atoms with Crippen LogP contribution < -0.4 is 21.8 Å². The summed E-state index contributed by atoms with van der Waals surface area (Å²) in [5, 5.41) is 2.53. The Labute approximate surface area is 120 Å². The molecule has 0 aliphatic rings.